The van der Waals surface area contributed by atoms with Gasteiger partial charge in [-0.1, -0.05) is 203 Å². The average Bonchev–Trinajstić information content (AvgIpc) is 0.938. The summed E-state index contributed by atoms with van der Waals surface area (Å²) < 4.78 is 46.9. The van der Waals surface area contributed by atoms with Crippen molar-refractivity contribution in [1.82, 2.24) is 10.6 Å². The Labute approximate surface area is 543 Å². The summed E-state index contributed by atoms with van der Waals surface area (Å²) in [7, 11) is 0. The van der Waals surface area contributed by atoms with Crippen LogP contribution in [-0.2, 0) is 35.9 Å². The fraction of sp³-hybridized carbons (Fsp3) is 0.378. The molecule has 2 N–H and O–H groups in total. The van der Waals surface area contributed by atoms with E-state index >= 15 is 0 Å². The van der Waals surface area contributed by atoms with Gasteiger partial charge in [0.1, 0.15) is 49.4 Å². The van der Waals surface area contributed by atoms with E-state index in [9.17, 15) is 9.59 Å². The van der Waals surface area contributed by atoms with Crippen LogP contribution in [0.25, 0.3) is 21.5 Å². The Morgan fingerprint density at radius 2 is 0.663 bits per heavy atom. The van der Waals surface area contributed by atoms with Crippen LogP contribution in [0.4, 0.5) is 0 Å². The minimum absolute atomic E-state index is 0.168. The van der Waals surface area contributed by atoms with Gasteiger partial charge in [-0.15, -0.1) is 0 Å². The lowest BCUT2D eigenvalue weighted by atomic mass is 9.87. The monoisotopic (exact) mass is 1270 g/mol. The van der Waals surface area contributed by atoms with E-state index in [0.29, 0.717) is 73.8 Å². The third-order valence-electron chi connectivity index (χ3n) is 15.5. The molecule has 8 aromatic rings. The molecule has 15 heteroatoms. The smallest absolute Gasteiger partial charge is 0.252 e. The Hall–Kier alpha value is -6.30. The molecule has 89 heavy (non-hydrogen) atoms. The summed E-state index contributed by atoms with van der Waals surface area (Å²) in [6, 6.07) is 45.6. The van der Waals surface area contributed by atoms with E-state index in [-0.39, 0.29) is 73.0 Å². The molecule has 11 nitrogen and oxygen atoms in total. The van der Waals surface area contributed by atoms with Crippen LogP contribution in [0.2, 0.25) is 0 Å². The number of carbonyl (C=O) groups excluding carboxylic acids is 2. The standard InChI is InChI=1S/C74H84N2O9S4/c1-71(2,3)49-39-57-65(82-29-27-75-69(77)55-25-17-21-47-19-13-15-23-53(47)55)58(40-49)87-62-44-52(74(10,11)12)46-64-68(62)85-38-36-81-34-32-79-31-33-80-35-37-84-67-61(86-57)43-51(73(7,8)9)45-63(67)88-59-41-50(72(4,5)6)42-60(89-64)66(59)83-30-28-76-70(78)56-26-18-22-48-20-14-16-24-54(48)56/h13-26,39-46H,27-38H2,1-12H3,(H,75,77)(H,76,78). The number of nitrogens with one attached hydrogen (secondary N) is 2. The van der Waals surface area contributed by atoms with Gasteiger partial charge in [-0.05, 0) is 126 Å². The number of hydrogen-bond donors (Lipinski definition) is 2. The van der Waals surface area contributed by atoms with E-state index in [1.54, 1.807) is 47.0 Å². The second-order valence-corrected chi connectivity index (χ2v) is 30.7. The fourth-order valence-corrected chi connectivity index (χ4v) is 15.1. The molecule has 0 aromatic heterocycles. The molecule has 0 saturated carbocycles. The highest BCUT2D eigenvalue weighted by Gasteiger charge is 2.31. The molecule has 468 valence electrons. The van der Waals surface area contributed by atoms with Gasteiger partial charge in [0.05, 0.1) is 91.9 Å². The number of hydrogen-bond acceptors (Lipinski definition) is 13. The molecule has 2 aliphatic heterocycles. The summed E-state index contributed by atoms with van der Waals surface area (Å²) in [5, 5.41) is 10.2. The summed E-state index contributed by atoms with van der Waals surface area (Å²) >= 11 is 6.47. The van der Waals surface area contributed by atoms with Crippen LogP contribution < -0.4 is 29.6 Å². The lowest BCUT2D eigenvalue weighted by Crippen LogP contribution is -2.28. The maximum Gasteiger partial charge on any atom is 0.252 e. The highest BCUT2D eigenvalue weighted by atomic mass is 32.2. The van der Waals surface area contributed by atoms with Crippen molar-refractivity contribution >= 4 is 80.4 Å². The van der Waals surface area contributed by atoms with Gasteiger partial charge in [-0.25, -0.2) is 0 Å². The molecule has 2 amide bonds. The third-order valence-corrected chi connectivity index (χ3v) is 19.6. The Morgan fingerprint density at radius 3 is 0.978 bits per heavy atom. The average molecular weight is 1270 g/mol. The van der Waals surface area contributed by atoms with Gasteiger partial charge >= 0.3 is 0 Å². The number of ether oxygens (including phenoxy) is 7. The maximum atomic E-state index is 14.0. The zero-order valence-electron chi connectivity index (χ0n) is 53.5. The minimum atomic E-state index is -0.295. The summed E-state index contributed by atoms with van der Waals surface area (Å²) in [6.45, 7) is 30.5. The molecule has 8 aromatic carbocycles. The normalized spacial score (nSPS) is 14.7. The third kappa shape index (κ3) is 16.4. The first kappa shape index (κ1) is 65.6. The van der Waals surface area contributed by atoms with E-state index in [1.165, 1.54) is 0 Å². The number of benzene rings is 8. The molecular weight excluding hydrogens is 1190 g/mol. The zero-order valence-corrected chi connectivity index (χ0v) is 56.8. The summed E-state index contributed by atoms with van der Waals surface area (Å²) in [5.41, 5.74) is 4.52. The van der Waals surface area contributed by atoms with Crippen molar-refractivity contribution in [2.24, 2.45) is 0 Å². The topological polar surface area (TPSA) is 123 Å². The van der Waals surface area contributed by atoms with Crippen molar-refractivity contribution in [3.8, 4) is 23.0 Å². The van der Waals surface area contributed by atoms with Gasteiger partial charge in [0, 0.05) is 11.1 Å². The van der Waals surface area contributed by atoms with Crippen molar-refractivity contribution < 1.29 is 42.7 Å². The molecule has 0 unspecified atom stereocenters. The number of amides is 2. The molecule has 0 fully saturated rings. The Bertz CT molecular complexity index is 3500. The van der Waals surface area contributed by atoms with Crippen molar-refractivity contribution in [3.05, 3.63) is 167 Å². The van der Waals surface area contributed by atoms with E-state index in [0.717, 1.165) is 83.0 Å². The lowest BCUT2D eigenvalue weighted by molar-refractivity contribution is 0.00450. The quantitative estimate of drug-likeness (QED) is 0.126. The van der Waals surface area contributed by atoms with Crippen LogP contribution in [0.1, 0.15) is 126 Å². The summed E-state index contributed by atoms with van der Waals surface area (Å²) in [4.78, 5) is 35.2. The largest absolute Gasteiger partial charge is 0.489 e. The molecule has 0 aliphatic carbocycles. The van der Waals surface area contributed by atoms with Gasteiger partial charge < -0.3 is 43.8 Å². The first-order chi connectivity index (χ1) is 42.5. The number of rotatable bonds is 10. The molecule has 0 atom stereocenters. The van der Waals surface area contributed by atoms with Crippen LogP contribution >= 0.6 is 47.0 Å². The fourth-order valence-electron chi connectivity index (χ4n) is 10.3. The Morgan fingerprint density at radius 1 is 0.382 bits per heavy atom. The van der Waals surface area contributed by atoms with E-state index in [4.69, 9.17) is 33.2 Å². The summed E-state index contributed by atoms with van der Waals surface area (Å²) in [5.74, 6) is 2.42. The second kappa shape index (κ2) is 28.5. The second-order valence-electron chi connectivity index (χ2n) is 26.4. The minimum Gasteiger partial charge on any atom is -0.489 e. The van der Waals surface area contributed by atoms with Crippen molar-refractivity contribution in [3.63, 3.8) is 0 Å². The first-order valence-electron chi connectivity index (χ1n) is 30.7. The van der Waals surface area contributed by atoms with Crippen molar-refractivity contribution in [2.45, 2.75) is 144 Å². The van der Waals surface area contributed by atoms with Gasteiger partial charge in [0.25, 0.3) is 11.8 Å². The Balaban J connectivity index is 1.17. The van der Waals surface area contributed by atoms with Crippen molar-refractivity contribution in [1.29, 1.82) is 0 Å². The molecule has 0 spiro atoms. The maximum absolute atomic E-state index is 14.0. The number of carbonyl (C=O) groups is 2. The van der Waals surface area contributed by atoms with E-state index in [1.807, 2.05) is 84.9 Å². The van der Waals surface area contributed by atoms with Crippen LogP contribution in [0, 0.1) is 0 Å². The summed E-state index contributed by atoms with van der Waals surface area (Å²) in [6.07, 6.45) is 0. The molecule has 10 rings (SSSR count). The first-order valence-corrected chi connectivity index (χ1v) is 34.0. The Kier molecular flexibility index (Phi) is 21.0. The van der Waals surface area contributed by atoms with Gasteiger partial charge in [-0.2, -0.15) is 0 Å². The van der Waals surface area contributed by atoms with Crippen LogP contribution in [0.5, 0.6) is 23.0 Å². The van der Waals surface area contributed by atoms with Crippen molar-refractivity contribution in [2.75, 3.05) is 79.2 Å². The zero-order chi connectivity index (χ0) is 63.1. The van der Waals surface area contributed by atoms with Gasteiger partial charge in [0.15, 0.2) is 0 Å². The van der Waals surface area contributed by atoms with Crippen LogP contribution in [0.15, 0.2) is 173 Å². The molecule has 0 saturated heterocycles. The number of fused-ring (bicyclic) bond motifs is 4. The predicted octanol–water partition coefficient (Wildman–Crippen LogP) is 17.5. The lowest BCUT2D eigenvalue weighted by Gasteiger charge is -2.28. The van der Waals surface area contributed by atoms with Crippen LogP contribution in [0.3, 0.4) is 0 Å². The molecule has 10 bridgehead atoms. The molecule has 2 heterocycles. The highest BCUT2D eigenvalue weighted by molar-refractivity contribution is 8.01. The van der Waals surface area contributed by atoms with Crippen LogP contribution in [-0.4, -0.2) is 91.0 Å². The van der Waals surface area contributed by atoms with E-state index < -0.39 is 0 Å². The highest BCUT2D eigenvalue weighted by Crippen LogP contribution is 2.56. The molecule has 2 aliphatic rings. The van der Waals surface area contributed by atoms with Gasteiger partial charge in [0.2, 0.25) is 0 Å². The molecular formula is C74H84N2O9S4. The predicted molar refractivity (Wildman–Crippen MR) is 364 cm³/mol. The molecule has 0 radical (unpaired) electrons. The van der Waals surface area contributed by atoms with Gasteiger partial charge in [-0.3, -0.25) is 9.59 Å². The van der Waals surface area contributed by atoms with E-state index in [2.05, 4.69) is 142 Å². The SMILES string of the molecule is CC(C)(C)c1cc2c(OCCNC(=O)c3cccc4ccccc34)c(c1)Sc1cc(C(C)(C)C)cc3c1OCCOCCOCCOCCOc1c(cc(C(C)(C)C)cc1Sc1cc(C(C)(C)C)cc(c1OCCNC(=O)c1cccc4ccccc14)S3)S2.